The molecule has 0 aliphatic rings. The zero-order valence-corrected chi connectivity index (χ0v) is 14.7. The van der Waals surface area contributed by atoms with Gasteiger partial charge in [-0.25, -0.2) is 0 Å². The molecule has 0 aromatic heterocycles. The highest BCUT2D eigenvalue weighted by molar-refractivity contribution is 6.77. The van der Waals surface area contributed by atoms with Gasteiger partial charge in [-0.2, -0.15) is 0 Å². The molecule has 0 spiro atoms. The van der Waals surface area contributed by atoms with E-state index in [1.54, 1.807) is 0 Å². The normalized spacial score (nSPS) is 15.2. The average molecular weight is 281 g/mol. The summed E-state index contributed by atoms with van der Waals surface area (Å²) in [6.07, 6.45) is 0. The fourth-order valence-corrected chi connectivity index (χ4v) is 6.24. The van der Waals surface area contributed by atoms with Crippen molar-refractivity contribution in [3.63, 3.8) is 0 Å². The van der Waals surface area contributed by atoms with Crippen LogP contribution in [0.5, 0.6) is 0 Å². The van der Waals surface area contributed by atoms with Gasteiger partial charge in [0.1, 0.15) is 0 Å². The molecule has 0 unspecified atom stereocenters. The van der Waals surface area contributed by atoms with E-state index < -0.39 is 28.6 Å². The molecule has 0 radical (unpaired) electrons. The van der Waals surface area contributed by atoms with E-state index in [0.29, 0.717) is 0 Å². The van der Waals surface area contributed by atoms with Crippen LogP contribution >= 0.6 is 0 Å². The van der Waals surface area contributed by atoms with Gasteiger partial charge in [-0.15, -0.1) is 0 Å². The Morgan fingerprint density at radius 2 is 1.06 bits per heavy atom. The second-order valence-electron chi connectivity index (χ2n) is 7.17. The van der Waals surface area contributed by atoms with Gasteiger partial charge in [0, 0.05) is 0 Å². The van der Waals surface area contributed by atoms with Crippen molar-refractivity contribution in [1.82, 2.24) is 0 Å². The first-order valence-corrected chi connectivity index (χ1v) is 11.0. The summed E-state index contributed by atoms with van der Waals surface area (Å²) in [5.74, 6) is 0. The van der Waals surface area contributed by atoms with E-state index in [1.165, 1.54) is 0 Å². The largest absolute Gasteiger partial charge is 0.667 e. The van der Waals surface area contributed by atoms with Crippen LogP contribution in [-0.2, 0) is 13.0 Å². The molecule has 0 atom stereocenters. The minimum atomic E-state index is -3.59. The smallest absolute Gasteiger partial charge is 0.394 e. The van der Waals surface area contributed by atoms with Crippen molar-refractivity contribution in [2.75, 3.05) is 0 Å². The maximum Gasteiger partial charge on any atom is 0.667 e. The average Bonchev–Trinajstić information content (AvgIpc) is 1.65. The lowest BCUT2D eigenvalue weighted by molar-refractivity contribution is -0.0696. The Morgan fingerprint density at radius 3 is 1.24 bits per heavy atom. The predicted molar refractivity (Wildman–Crippen MR) is 74.1 cm³/mol. The van der Waals surface area contributed by atoms with E-state index in [9.17, 15) is 4.80 Å². The topological polar surface area (TPSA) is 47.9 Å². The summed E-state index contributed by atoms with van der Waals surface area (Å²) in [7, 11) is -5.52. The van der Waals surface area contributed by atoms with Gasteiger partial charge in [0.15, 0.2) is 8.32 Å². The molecule has 0 amide bonds. The fourth-order valence-electron chi connectivity index (χ4n) is 1.22. The van der Waals surface area contributed by atoms with E-state index >= 15 is 0 Å². The van der Waals surface area contributed by atoms with Crippen molar-refractivity contribution < 1.29 is 17.8 Å². The Hall–Kier alpha value is 0.274. The highest BCUT2D eigenvalue weighted by Gasteiger charge is 2.50. The summed E-state index contributed by atoms with van der Waals surface area (Å²) < 4.78 is 17.1. The first-order chi connectivity index (χ1) is 7.12. The fraction of sp³-hybridized carbons (Fsp3) is 1.00. The van der Waals surface area contributed by atoms with Crippen LogP contribution in [0.15, 0.2) is 0 Å². The molecule has 0 heterocycles. The van der Waals surface area contributed by atoms with Crippen LogP contribution in [0.3, 0.4) is 0 Å². The predicted octanol–water partition coefficient (Wildman–Crippen LogP) is 2.90. The monoisotopic (exact) mass is 280 g/mol. The zero-order chi connectivity index (χ0) is 14.1. The van der Waals surface area contributed by atoms with Crippen LogP contribution in [0.2, 0.25) is 19.6 Å². The van der Waals surface area contributed by atoms with Crippen LogP contribution in [-0.4, -0.2) is 33.4 Å². The molecular formula is C11H28O4Si2. The van der Waals surface area contributed by atoms with Crippen molar-refractivity contribution >= 4 is 17.4 Å². The van der Waals surface area contributed by atoms with E-state index in [-0.39, 0.29) is 0 Å². The minimum absolute atomic E-state index is 0.494. The summed E-state index contributed by atoms with van der Waals surface area (Å²) in [6.45, 7) is 17.3. The van der Waals surface area contributed by atoms with Gasteiger partial charge >= 0.3 is 9.05 Å². The molecule has 0 rings (SSSR count). The van der Waals surface area contributed by atoms with E-state index in [2.05, 4.69) is 0 Å². The first kappa shape index (κ1) is 17.3. The van der Waals surface area contributed by atoms with Crippen molar-refractivity contribution in [1.29, 1.82) is 0 Å². The van der Waals surface area contributed by atoms with Gasteiger partial charge in [-0.05, 0) is 61.2 Å². The molecule has 17 heavy (non-hydrogen) atoms. The third kappa shape index (κ3) is 9.93. The maximum atomic E-state index is 10.5. The van der Waals surface area contributed by atoms with Crippen LogP contribution in [0.25, 0.3) is 0 Å². The molecule has 0 aromatic rings. The molecule has 0 aromatic carbocycles. The summed E-state index contributed by atoms with van der Waals surface area (Å²) in [5, 5.41) is 0. The minimum Gasteiger partial charge on any atom is -0.394 e. The van der Waals surface area contributed by atoms with E-state index in [4.69, 9.17) is 13.0 Å². The molecule has 0 bridgehead atoms. The van der Waals surface area contributed by atoms with Crippen molar-refractivity contribution in [3.8, 4) is 0 Å². The molecule has 0 saturated heterocycles. The standard InChI is InChI=1S/C11H28O4Si2/c1-10(2,3)13-17(12,14-11(4,5)6)15-16(7,8)9/h12H,1-9H3. The summed E-state index contributed by atoms with van der Waals surface area (Å²) in [5.41, 5.74) is -0.988. The van der Waals surface area contributed by atoms with E-state index in [1.807, 2.05) is 61.2 Å². The summed E-state index contributed by atoms with van der Waals surface area (Å²) in [6, 6.07) is 0. The van der Waals surface area contributed by atoms with Crippen LogP contribution in [0, 0.1) is 0 Å². The first-order valence-electron chi connectivity index (χ1n) is 5.95. The Bertz CT molecular complexity index is 207. The Balaban J connectivity index is 4.95. The highest BCUT2D eigenvalue weighted by Crippen LogP contribution is 2.25. The molecule has 0 fully saturated rings. The lowest BCUT2D eigenvalue weighted by Gasteiger charge is -2.38. The van der Waals surface area contributed by atoms with Gasteiger partial charge in [0.25, 0.3) is 0 Å². The molecule has 6 heteroatoms. The van der Waals surface area contributed by atoms with Crippen molar-refractivity contribution in [3.05, 3.63) is 0 Å². The van der Waals surface area contributed by atoms with Crippen molar-refractivity contribution in [2.45, 2.75) is 72.4 Å². The molecular weight excluding hydrogens is 252 g/mol. The Morgan fingerprint density at radius 1 is 0.765 bits per heavy atom. The van der Waals surface area contributed by atoms with Crippen molar-refractivity contribution in [2.24, 2.45) is 0 Å². The Labute approximate surface area is 108 Å². The number of rotatable bonds is 4. The lowest BCUT2D eigenvalue weighted by Crippen LogP contribution is -2.58. The summed E-state index contributed by atoms with van der Waals surface area (Å²) in [4.78, 5) is 10.5. The molecule has 104 valence electrons. The molecule has 1 N–H and O–H groups in total. The Kier molecular flexibility index (Phi) is 5.19. The zero-order valence-electron chi connectivity index (χ0n) is 12.7. The van der Waals surface area contributed by atoms with Crippen LogP contribution < -0.4 is 0 Å². The molecule has 0 aliphatic carbocycles. The highest BCUT2D eigenvalue weighted by atomic mass is 28.5. The van der Waals surface area contributed by atoms with Gasteiger partial charge in [0.2, 0.25) is 0 Å². The molecule has 0 saturated carbocycles. The molecule has 0 aliphatic heterocycles. The second kappa shape index (κ2) is 5.10. The van der Waals surface area contributed by atoms with Gasteiger partial charge < -0.3 is 17.8 Å². The SMILES string of the molecule is CC(C)(C)O[Si](O)(OC(C)(C)C)O[Si](C)(C)C. The molecule has 4 nitrogen and oxygen atoms in total. The second-order valence-corrected chi connectivity index (χ2v) is 13.7. The van der Waals surface area contributed by atoms with Gasteiger partial charge in [0.05, 0.1) is 11.2 Å². The third-order valence-electron chi connectivity index (χ3n) is 1.31. The lowest BCUT2D eigenvalue weighted by atomic mass is 10.2. The van der Waals surface area contributed by atoms with Crippen LogP contribution in [0.4, 0.5) is 0 Å². The summed E-state index contributed by atoms with van der Waals surface area (Å²) >= 11 is 0. The van der Waals surface area contributed by atoms with Gasteiger partial charge in [-0.1, -0.05) is 0 Å². The third-order valence-corrected chi connectivity index (χ3v) is 6.53. The number of hydrogen-bond donors (Lipinski definition) is 1. The van der Waals surface area contributed by atoms with Crippen LogP contribution in [0.1, 0.15) is 41.5 Å². The van der Waals surface area contributed by atoms with E-state index in [0.717, 1.165) is 0 Å². The van der Waals surface area contributed by atoms with Gasteiger partial charge in [-0.3, -0.25) is 0 Å². The maximum absolute atomic E-state index is 10.5. The quantitative estimate of drug-likeness (QED) is 0.804. The number of hydrogen-bond acceptors (Lipinski definition) is 4.